The van der Waals surface area contributed by atoms with Crippen molar-refractivity contribution in [1.29, 1.82) is 0 Å². The Morgan fingerprint density at radius 3 is 3.00 bits per heavy atom. The zero-order chi connectivity index (χ0) is 12.3. The van der Waals surface area contributed by atoms with Crippen molar-refractivity contribution in [2.75, 3.05) is 5.32 Å². The van der Waals surface area contributed by atoms with Crippen LogP contribution in [-0.2, 0) is 11.3 Å². The molecule has 88 valence electrons. The van der Waals surface area contributed by atoms with Gasteiger partial charge in [-0.15, -0.1) is 0 Å². The number of amides is 1. The van der Waals surface area contributed by atoms with Crippen LogP contribution in [0.1, 0.15) is 12.8 Å². The molecule has 0 atom stereocenters. The van der Waals surface area contributed by atoms with E-state index in [-0.39, 0.29) is 12.5 Å². The second kappa shape index (κ2) is 4.80. The molecule has 0 radical (unpaired) electrons. The minimum atomic E-state index is -0.109. The summed E-state index contributed by atoms with van der Waals surface area (Å²) in [7, 11) is 0. The minimum absolute atomic E-state index is 0.109. The van der Waals surface area contributed by atoms with Crippen LogP contribution in [0.15, 0.2) is 34.9 Å². The second-order valence-corrected chi connectivity index (χ2v) is 3.58. The molecule has 2 rings (SSSR count). The topological polar surface area (TPSA) is 81.2 Å². The van der Waals surface area contributed by atoms with Gasteiger partial charge < -0.3 is 15.5 Å². The Balaban J connectivity index is 2.29. The number of anilines is 1. The van der Waals surface area contributed by atoms with Crippen LogP contribution in [0.2, 0.25) is 0 Å². The average Bonchev–Trinajstić information content (AvgIpc) is 2.77. The predicted molar refractivity (Wildman–Crippen MR) is 64.1 cm³/mol. The zero-order valence-electron chi connectivity index (χ0n) is 9.43. The van der Waals surface area contributed by atoms with Gasteiger partial charge in [0.05, 0.1) is 12.7 Å². The quantitative estimate of drug-likeness (QED) is 0.843. The molecule has 3 N–H and O–H groups in total. The van der Waals surface area contributed by atoms with E-state index in [0.717, 1.165) is 11.3 Å². The molecular weight excluding hydrogens is 218 g/mol. The smallest absolute Gasteiger partial charge is 0.221 e. The summed E-state index contributed by atoms with van der Waals surface area (Å²) in [5.74, 6) is 1.02. The summed E-state index contributed by atoms with van der Waals surface area (Å²) in [5.41, 5.74) is 7.00. The van der Waals surface area contributed by atoms with E-state index >= 15 is 0 Å². The Kier molecular flexibility index (Phi) is 3.20. The monoisotopic (exact) mass is 231 g/mol. The van der Waals surface area contributed by atoms with Gasteiger partial charge in [0.15, 0.2) is 5.76 Å². The molecule has 0 fully saturated rings. The average molecular weight is 231 g/mol. The third-order valence-corrected chi connectivity index (χ3v) is 2.20. The molecule has 2 aromatic rings. The molecule has 1 aromatic carbocycles. The minimum Gasteiger partial charge on any atom is -0.439 e. The van der Waals surface area contributed by atoms with Crippen molar-refractivity contribution in [3.63, 3.8) is 0 Å². The second-order valence-electron chi connectivity index (χ2n) is 3.58. The maximum absolute atomic E-state index is 10.9. The number of nitrogens with one attached hydrogen (secondary N) is 1. The van der Waals surface area contributed by atoms with E-state index in [1.54, 1.807) is 6.20 Å². The largest absolute Gasteiger partial charge is 0.439 e. The third kappa shape index (κ3) is 2.70. The van der Waals surface area contributed by atoms with Crippen molar-refractivity contribution in [3.8, 4) is 11.3 Å². The number of benzene rings is 1. The summed E-state index contributed by atoms with van der Waals surface area (Å²) >= 11 is 0. The van der Waals surface area contributed by atoms with E-state index in [1.165, 1.54) is 6.92 Å². The summed E-state index contributed by atoms with van der Waals surface area (Å²) in [5, 5.41) is 2.71. The van der Waals surface area contributed by atoms with Gasteiger partial charge in [-0.05, 0) is 12.1 Å². The van der Waals surface area contributed by atoms with Gasteiger partial charge in [0.25, 0.3) is 0 Å². The molecule has 0 aliphatic heterocycles. The fourth-order valence-corrected chi connectivity index (χ4v) is 1.49. The number of hydrogen-bond donors (Lipinski definition) is 2. The van der Waals surface area contributed by atoms with Gasteiger partial charge >= 0.3 is 0 Å². The first-order valence-electron chi connectivity index (χ1n) is 5.22. The van der Waals surface area contributed by atoms with Crippen LogP contribution < -0.4 is 11.1 Å². The fraction of sp³-hybridized carbons (Fsp3) is 0.167. The van der Waals surface area contributed by atoms with Crippen molar-refractivity contribution >= 4 is 11.6 Å². The normalized spacial score (nSPS) is 10.2. The molecule has 0 aliphatic rings. The van der Waals surface area contributed by atoms with Gasteiger partial charge in [-0.25, -0.2) is 4.98 Å². The van der Waals surface area contributed by atoms with E-state index < -0.39 is 0 Å². The molecule has 0 spiro atoms. The van der Waals surface area contributed by atoms with Gasteiger partial charge in [-0.1, -0.05) is 12.1 Å². The SMILES string of the molecule is CC(=O)Nc1cccc(-c2cnc(CN)o2)c1. The highest BCUT2D eigenvalue weighted by Gasteiger charge is 2.06. The number of nitrogens with zero attached hydrogens (tertiary/aromatic N) is 1. The highest BCUT2D eigenvalue weighted by molar-refractivity contribution is 5.89. The summed E-state index contributed by atoms with van der Waals surface area (Å²) in [6.07, 6.45) is 1.62. The number of carbonyl (C=O) groups excluding carboxylic acids is 1. The predicted octanol–water partition coefficient (Wildman–Crippen LogP) is 1.76. The molecule has 0 unspecified atom stereocenters. The summed E-state index contributed by atoms with van der Waals surface area (Å²) in [6, 6.07) is 7.35. The molecule has 0 saturated heterocycles. The van der Waals surface area contributed by atoms with E-state index in [4.69, 9.17) is 10.2 Å². The Morgan fingerprint density at radius 1 is 1.53 bits per heavy atom. The van der Waals surface area contributed by atoms with Gasteiger partial charge in [-0.3, -0.25) is 4.79 Å². The van der Waals surface area contributed by atoms with Gasteiger partial charge in [0, 0.05) is 18.2 Å². The van der Waals surface area contributed by atoms with Crippen molar-refractivity contribution in [2.24, 2.45) is 5.73 Å². The fourth-order valence-electron chi connectivity index (χ4n) is 1.49. The molecule has 1 amide bonds. The molecule has 0 aliphatic carbocycles. The maximum Gasteiger partial charge on any atom is 0.221 e. The molecule has 1 aromatic heterocycles. The van der Waals surface area contributed by atoms with Gasteiger partial charge in [0.1, 0.15) is 0 Å². The molecule has 5 nitrogen and oxygen atoms in total. The number of carbonyl (C=O) groups is 1. The van der Waals surface area contributed by atoms with Crippen LogP contribution in [0, 0.1) is 0 Å². The van der Waals surface area contributed by atoms with E-state index in [2.05, 4.69) is 10.3 Å². The molecule has 5 heteroatoms. The third-order valence-electron chi connectivity index (χ3n) is 2.20. The Bertz CT molecular complexity index is 534. The van der Waals surface area contributed by atoms with Crippen LogP contribution in [0.25, 0.3) is 11.3 Å². The molecule has 0 saturated carbocycles. The Hall–Kier alpha value is -2.14. The number of nitrogens with two attached hydrogens (primary N) is 1. The molecule has 0 bridgehead atoms. The van der Waals surface area contributed by atoms with Crippen LogP contribution >= 0.6 is 0 Å². The Labute approximate surface area is 98.6 Å². The number of hydrogen-bond acceptors (Lipinski definition) is 4. The van der Waals surface area contributed by atoms with Crippen LogP contribution in [-0.4, -0.2) is 10.9 Å². The standard InChI is InChI=1S/C12H13N3O2/c1-8(16)15-10-4-2-3-9(5-10)11-7-14-12(6-13)17-11/h2-5,7H,6,13H2,1H3,(H,15,16). The van der Waals surface area contributed by atoms with Crippen molar-refractivity contribution < 1.29 is 9.21 Å². The van der Waals surface area contributed by atoms with E-state index in [9.17, 15) is 4.79 Å². The number of oxazole rings is 1. The first-order valence-corrected chi connectivity index (χ1v) is 5.22. The van der Waals surface area contributed by atoms with Crippen molar-refractivity contribution in [3.05, 3.63) is 36.4 Å². The molecule has 1 heterocycles. The van der Waals surface area contributed by atoms with Crippen molar-refractivity contribution in [2.45, 2.75) is 13.5 Å². The van der Waals surface area contributed by atoms with E-state index in [1.807, 2.05) is 24.3 Å². The van der Waals surface area contributed by atoms with Gasteiger partial charge in [-0.2, -0.15) is 0 Å². The lowest BCUT2D eigenvalue weighted by Gasteiger charge is -2.03. The highest BCUT2D eigenvalue weighted by atomic mass is 16.4. The number of rotatable bonds is 3. The summed E-state index contributed by atoms with van der Waals surface area (Å²) in [4.78, 5) is 15.0. The highest BCUT2D eigenvalue weighted by Crippen LogP contribution is 2.23. The van der Waals surface area contributed by atoms with Crippen molar-refractivity contribution in [1.82, 2.24) is 4.98 Å². The lowest BCUT2D eigenvalue weighted by molar-refractivity contribution is -0.114. The number of aromatic nitrogens is 1. The van der Waals surface area contributed by atoms with Crippen LogP contribution in [0.3, 0.4) is 0 Å². The Morgan fingerprint density at radius 2 is 2.35 bits per heavy atom. The van der Waals surface area contributed by atoms with Crippen LogP contribution in [0.5, 0.6) is 0 Å². The first kappa shape index (κ1) is 11.3. The summed E-state index contributed by atoms with van der Waals surface area (Å²) in [6.45, 7) is 1.74. The molecule has 17 heavy (non-hydrogen) atoms. The first-order chi connectivity index (χ1) is 8.19. The van der Waals surface area contributed by atoms with Crippen LogP contribution in [0.4, 0.5) is 5.69 Å². The summed E-state index contributed by atoms with van der Waals surface area (Å²) < 4.78 is 5.43. The van der Waals surface area contributed by atoms with E-state index in [0.29, 0.717) is 11.7 Å². The lowest BCUT2D eigenvalue weighted by Crippen LogP contribution is -2.05. The zero-order valence-corrected chi connectivity index (χ0v) is 9.43. The lowest BCUT2D eigenvalue weighted by atomic mass is 10.1. The van der Waals surface area contributed by atoms with Gasteiger partial charge in [0.2, 0.25) is 11.8 Å². The molecular formula is C12H13N3O2. The maximum atomic E-state index is 10.9.